The van der Waals surface area contributed by atoms with Crippen molar-refractivity contribution in [3.8, 4) is 0 Å². The van der Waals surface area contributed by atoms with Crippen LogP contribution < -0.4 is 0 Å². The highest BCUT2D eigenvalue weighted by molar-refractivity contribution is 8.23. The normalized spacial score (nSPS) is 10.8. The summed E-state index contributed by atoms with van der Waals surface area (Å²) in [6.07, 6.45) is 1.05. The summed E-state index contributed by atoms with van der Waals surface area (Å²) in [5.74, 6) is 2.97. The highest BCUT2D eigenvalue weighted by atomic mass is 32.2. The smallest absolute Gasteiger partial charge is 0.219 e. The average molecular weight is 341 g/mol. The van der Waals surface area contributed by atoms with E-state index >= 15 is 0 Å². The summed E-state index contributed by atoms with van der Waals surface area (Å²) in [7, 11) is 0. The van der Waals surface area contributed by atoms with Crippen LogP contribution in [0.15, 0.2) is 0 Å². The molecule has 0 bridgehead atoms. The first-order valence-corrected chi connectivity index (χ1v) is 9.29. The second kappa shape index (κ2) is 12.2. The van der Waals surface area contributed by atoms with E-state index in [0.29, 0.717) is 33.8 Å². The molecule has 0 aliphatic carbocycles. The third-order valence-electron chi connectivity index (χ3n) is 1.80. The zero-order valence-corrected chi connectivity index (χ0v) is 15.4. The molecule has 0 atom stereocenters. The standard InChI is InChI=1S/C13H24O2S4/c1-10(2)8-14-12(16)18-6-5-7-19-13(17)15-9-11(3)4/h10-11H,5-9H2,1-4H3. The largest absolute Gasteiger partial charge is 0.478 e. The predicted octanol–water partition coefficient (Wildman–Crippen LogP) is 4.76. The number of thioether (sulfide) groups is 2. The quantitative estimate of drug-likeness (QED) is 0.465. The minimum absolute atomic E-state index is 0.518. The molecule has 0 saturated carbocycles. The molecule has 6 heteroatoms. The SMILES string of the molecule is CC(C)COC(=S)SCCCSC(=S)OCC(C)C. The monoisotopic (exact) mass is 340 g/mol. The molecule has 2 nitrogen and oxygen atoms in total. The van der Waals surface area contributed by atoms with Crippen molar-refractivity contribution in [2.45, 2.75) is 34.1 Å². The predicted molar refractivity (Wildman–Crippen MR) is 96.3 cm³/mol. The summed E-state index contributed by atoms with van der Waals surface area (Å²) < 4.78 is 12.2. The van der Waals surface area contributed by atoms with Crippen LogP contribution in [0.2, 0.25) is 0 Å². The van der Waals surface area contributed by atoms with Gasteiger partial charge in [-0.1, -0.05) is 51.2 Å². The number of rotatable bonds is 8. The van der Waals surface area contributed by atoms with E-state index in [0.717, 1.165) is 17.9 Å². The molecule has 0 N–H and O–H groups in total. The van der Waals surface area contributed by atoms with Gasteiger partial charge in [-0.3, -0.25) is 0 Å². The van der Waals surface area contributed by atoms with Gasteiger partial charge >= 0.3 is 0 Å². The number of hydrogen-bond acceptors (Lipinski definition) is 6. The molecule has 0 radical (unpaired) electrons. The molecule has 0 unspecified atom stereocenters. The summed E-state index contributed by atoms with van der Waals surface area (Å²) in [5, 5.41) is 0. The van der Waals surface area contributed by atoms with Crippen molar-refractivity contribution in [1.82, 2.24) is 0 Å². The van der Waals surface area contributed by atoms with Gasteiger partial charge in [-0.05, 0) is 42.7 Å². The molecule has 0 aromatic carbocycles. The van der Waals surface area contributed by atoms with E-state index in [1.54, 1.807) is 23.5 Å². The van der Waals surface area contributed by atoms with Gasteiger partial charge in [0, 0.05) is 11.5 Å². The molecule has 0 fully saturated rings. The minimum atomic E-state index is 0.518. The number of hydrogen-bond donors (Lipinski definition) is 0. The fourth-order valence-corrected chi connectivity index (χ4v) is 2.95. The second-order valence-corrected chi connectivity index (χ2v) is 8.35. The molecule has 0 aromatic heterocycles. The highest BCUT2D eigenvalue weighted by Gasteiger charge is 2.03. The Hall–Kier alpha value is 0.480. The Bertz CT molecular complexity index is 241. The molecule has 0 amide bonds. The Balaban J connectivity index is 3.39. The molecule has 0 spiro atoms. The highest BCUT2D eigenvalue weighted by Crippen LogP contribution is 2.14. The van der Waals surface area contributed by atoms with Gasteiger partial charge in [0.05, 0.1) is 13.2 Å². The van der Waals surface area contributed by atoms with Crippen LogP contribution in [0, 0.1) is 11.8 Å². The summed E-state index contributed by atoms with van der Waals surface area (Å²) in [4.78, 5) is 0. The van der Waals surface area contributed by atoms with Crippen LogP contribution in [0.1, 0.15) is 34.1 Å². The molecule has 0 aliphatic rings. The molecule has 0 aromatic rings. The van der Waals surface area contributed by atoms with Crippen molar-refractivity contribution < 1.29 is 9.47 Å². The van der Waals surface area contributed by atoms with E-state index in [-0.39, 0.29) is 0 Å². The van der Waals surface area contributed by atoms with Crippen LogP contribution in [0.4, 0.5) is 0 Å². The van der Waals surface area contributed by atoms with E-state index in [9.17, 15) is 0 Å². The molecule has 0 rings (SSSR count). The Morgan fingerprint density at radius 1 is 0.842 bits per heavy atom. The van der Waals surface area contributed by atoms with Crippen LogP contribution in [0.5, 0.6) is 0 Å². The van der Waals surface area contributed by atoms with E-state index in [2.05, 4.69) is 27.7 Å². The molecule has 0 saturated heterocycles. The van der Waals surface area contributed by atoms with Crippen LogP contribution in [-0.4, -0.2) is 33.5 Å². The first kappa shape index (κ1) is 19.5. The van der Waals surface area contributed by atoms with Crippen molar-refractivity contribution in [1.29, 1.82) is 0 Å². The number of thiocarbonyl (C=S) groups is 2. The van der Waals surface area contributed by atoms with Crippen molar-refractivity contribution in [3.63, 3.8) is 0 Å². The maximum atomic E-state index is 5.43. The lowest BCUT2D eigenvalue weighted by Crippen LogP contribution is -2.06. The molecular formula is C13H24O2S4. The molecule has 0 heterocycles. The van der Waals surface area contributed by atoms with Crippen LogP contribution in [-0.2, 0) is 9.47 Å². The van der Waals surface area contributed by atoms with Gasteiger partial charge < -0.3 is 9.47 Å². The summed E-state index contributed by atoms with van der Waals surface area (Å²) >= 11 is 13.5. The van der Waals surface area contributed by atoms with E-state index in [1.807, 2.05) is 0 Å². The van der Waals surface area contributed by atoms with Crippen molar-refractivity contribution in [2.75, 3.05) is 24.7 Å². The van der Waals surface area contributed by atoms with Gasteiger partial charge in [0.2, 0.25) is 8.77 Å². The third kappa shape index (κ3) is 14.7. The Labute approximate surface area is 136 Å². The van der Waals surface area contributed by atoms with Crippen molar-refractivity contribution in [3.05, 3.63) is 0 Å². The fraction of sp³-hybridized carbons (Fsp3) is 0.846. The third-order valence-corrected chi connectivity index (χ3v) is 4.43. The van der Waals surface area contributed by atoms with Crippen LogP contribution in [0.25, 0.3) is 0 Å². The van der Waals surface area contributed by atoms with Gasteiger partial charge in [-0.25, -0.2) is 0 Å². The van der Waals surface area contributed by atoms with Crippen molar-refractivity contribution in [2.24, 2.45) is 11.8 Å². The van der Waals surface area contributed by atoms with E-state index in [1.165, 1.54) is 0 Å². The maximum absolute atomic E-state index is 5.43. The lowest BCUT2D eigenvalue weighted by atomic mass is 10.2. The topological polar surface area (TPSA) is 18.5 Å². The maximum Gasteiger partial charge on any atom is 0.219 e. The number of ether oxygens (including phenoxy) is 2. The zero-order valence-electron chi connectivity index (χ0n) is 12.1. The Morgan fingerprint density at radius 3 is 1.53 bits per heavy atom. The Morgan fingerprint density at radius 2 is 1.21 bits per heavy atom. The van der Waals surface area contributed by atoms with Crippen molar-refractivity contribution >= 4 is 56.7 Å². The second-order valence-electron chi connectivity index (χ2n) is 4.96. The van der Waals surface area contributed by atoms with Gasteiger partial charge in [-0.2, -0.15) is 0 Å². The molecule has 112 valence electrons. The lowest BCUT2D eigenvalue weighted by molar-refractivity contribution is 0.273. The summed E-state index contributed by atoms with van der Waals surface area (Å²) in [6.45, 7) is 9.86. The minimum Gasteiger partial charge on any atom is -0.478 e. The Kier molecular flexibility index (Phi) is 12.5. The van der Waals surface area contributed by atoms with Crippen LogP contribution in [0.3, 0.4) is 0 Å². The van der Waals surface area contributed by atoms with Gasteiger partial charge in [0.25, 0.3) is 0 Å². The summed E-state index contributed by atoms with van der Waals surface area (Å²) in [5.41, 5.74) is 0. The lowest BCUT2D eigenvalue weighted by Gasteiger charge is -2.10. The zero-order chi connectivity index (χ0) is 14.7. The average Bonchev–Trinajstić information content (AvgIpc) is 2.33. The first-order chi connectivity index (χ1) is 8.91. The van der Waals surface area contributed by atoms with E-state index in [4.69, 9.17) is 33.9 Å². The van der Waals surface area contributed by atoms with Gasteiger partial charge in [-0.15, -0.1) is 0 Å². The van der Waals surface area contributed by atoms with E-state index < -0.39 is 0 Å². The molecule has 0 aliphatic heterocycles. The summed E-state index contributed by atoms with van der Waals surface area (Å²) in [6, 6.07) is 0. The van der Waals surface area contributed by atoms with Gasteiger partial charge in [0.1, 0.15) is 0 Å². The fourth-order valence-electron chi connectivity index (χ4n) is 0.923. The molecular weight excluding hydrogens is 316 g/mol. The first-order valence-electron chi connectivity index (χ1n) is 6.51. The van der Waals surface area contributed by atoms with Crippen LogP contribution >= 0.6 is 48.0 Å². The van der Waals surface area contributed by atoms with Gasteiger partial charge in [0.15, 0.2) is 0 Å². The molecule has 19 heavy (non-hydrogen) atoms.